The lowest BCUT2D eigenvalue weighted by atomic mass is 9.76. The maximum absolute atomic E-state index is 13.5. The molecule has 0 amide bonds. The van der Waals surface area contributed by atoms with E-state index in [9.17, 15) is 14.7 Å². The molecule has 0 aliphatic carbocycles. The minimum absolute atomic E-state index is 0.115. The Morgan fingerprint density at radius 2 is 2.05 bits per heavy atom. The largest absolute Gasteiger partial charge is 0.507 e. The van der Waals surface area contributed by atoms with Gasteiger partial charge in [0.25, 0.3) is 0 Å². The molecule has 2 aromatic rings. The number of benzene rings is 1. The molecule has 0 saturated carbocycles. The number of nitrogens with two attached hydrogens (primary N) is 1. The average molecular weight is 509 g/mol. The number of hydrogen-bond acceptors (Lipinski definition) is 9. The van der Waals surface area contributed by atoms with Gasteiger partial charge in [-0.2, -0.15) is 0 Å². The number of carbonyl (C=O) groups is 1. The molecule has 4 atom stereocenters. The van der Waals surface area contributed by atoms with Crippen LogP contribution in [-0.4, -0.2) is 41.0 Å². The number of nitrogens with one attached hydrogen (secondary N) is 1. The third kappa shape index (κ3) is 3.87. The van der Waals surface area contributed by atoms with Gasteiger partial charge in [-0.3, -0.25) is 4.79 Å². The lowest BCUT2D eigenvalue weighted by molar-refractivity contribution is -0.173. The Morgan fingerprint density at radius 1 is 1.24 bits per heavy atom. The molecule has 2 saturated heterocycles. The second-order valence-corrected chi connectivity index (χ2v) is 11.1. The normalized spacial score (nSPS) is 30.0. The summed E-state index contributed by atoms with van der Waals surface area (Å²) in [5.74, 6) is 0.641. The van der Waals surface area contributed by atoms with Crippen LogP contribution < -0.4 is 21.2 Å². The number of carbonyl (C=O) groups excluding carboxylic acids is 1. The monoisotopic (exact) mass is 508 g/mol. The summed E-state index contributed by atoms with van der Waals surface area (Å²) in [6.45, 7) is 6.12. The van der Waals surface area contributed by atoms with Gasteiger partial charge in [-0.25, -0.2) is 4.79 Å². The molecule has 4 N–H and O–H groups in total. The molecule has 0 bridgehead atoms. The molecule has 196 valence electrons. The van der Waals surface area contributed by atoms with Crippen molar-refractivity contribution in [1.29, 1.82) is 0 Å². The van der Waals surface area contributed by atoms with Crippen molar-refractivity contribution in [2.75, 3.05) is 6.54 Å². The van der Waals surface area contributed by atoms with Crippen LogP contribution >= 0.6 is 0 Å². The molecule has 9 nitrogen and oxygen atoms in total. The fourth-order valence-electron chi connectivity index (χ4n) is 6.25. The highest BCUT2D eigenvalue weighted by Crippen LogP contribution is 2.54. The minimum Gasteiger partial charge on any atom is -0.507 e. The zero-order valence-electron chi connectivity index (χ0n) is 21.3. The van der Waals surface area contributed by atoms with Crippen molar-refractivity contribution in [3.63, 3.8) is 0 Å². The number of phenols is 1. The fraction of sp³-hybridized carbons (Fsp3) is 0.500. The summed E-state index contributed by atoms with van der Waals surface area (Å²) >= 11 is 0. The third-order valence-corrected chi connectivity index (χ3v) is 8.08. The molecule has 0 radical (unpaired) electrons. The van der Waals surface area contributed by atoms with Crippen molar-refractivity contribution >= 4 is 16.9 Å². The number of rotatable bonds is 3. The second kappa shape index (κ2) is 8.28. The van der Waals surface area contributed by atoms with E-state index in [1.165, 1.54) is 6.07 Å². The van der Waals surface area contributed by atoms with Gasteiger partial charge in [-0.05, 0) is 64.5 Å². The van der Waals surface area contributed by atoms with Gasteiger partial charge in [0.2, 0.25) is 0 Å². The number of ether oxygens (including phenoxy) is 3. The van der Waals surface area contributed by atoms with Gasteiger partial charge in [0, 0.05) is 30.2 Å². The molecular formula is C28H32N2O7. The number of epoxide rings is 1. The quantitative estimate of drug-likeness (QED) is 0.421. The number of esters is 1. The number of phenolic OH excluding ortho intramolecular Hbond substituents is 1. The SMILES string of the molecule is Cc1cc(=O)c2c(O)c3c(cc2o1)OC(C)(C)[C@@H]1OC(=O)[C@@]2(CCC[C@H]31)O[C@@H]2CCC1=CCNC(N)=C1. The van der Waals surface area contributed by atoms with Crippen LogP contribution in [0.15, 0.2) is 44.9 Å². The molecule has 5 heterocycles. The minimum atomic E-state index is -0.950. The van der Waals surface area contributed by atoms with Crippen molar-refractivity contribution < 1.29 is 28.5 Å². The van der Waals surface area contributed by atoms with Gasteiger partial charge in [-0.1, -0.05) is 6.08 Å². The summed E-state index contributed by atoms with van der Waals surface area (Å²) in [7, 11) is 0. The first kappa shape index (κ1) is 23.9. The van der Waals surface area contributed by atoms with E-state index >= 15 is 0 Å². The summed E-state index contributed by atoms with van der Waals surface area (Å²) in [4.78, 5) is 26.2. The third-order valence-electron chi connectivity index (χ3n) is 8.08. The molecule has 9 heteroatoms. The summed E-state index contributed by atoms with van der Waals surface area (Å²) in [6, 6.07) is 3.02. The number of dihydropyridines is 1. The van der Waals surface area contributed by atoms with Gasteiger partial charge >= 0.3 is 5.97 Å². The summed E-state index contributed by atoms with van der Waals surface area (Å²) in [5.41, 5.74) is 5.62. The smallest absolute Gasteiger partial charge is 0.341 e. The van der Waals surface area contributed by atoms with Gasteiger partial charge in [-0.15, -0.1) is 0 Å². The van der Waals surface area contributed by atoms with Crippen LogP contribution in [0.4, 0.5) is 0 Å². The van der Waals surface area contributed by atoms with Crippen molar-refractivity contribution in [3.05, 3.63) is 57.2 Å². The molecule has 0 unspecified atom stereocenters. The van der Waals surface area contributed by atoms with Crippen LogP contribution in [0.5, 0.6) is 11.5 Å². The van der Waals surface area contributed by atoms with E-state index in [1.807, 2.05) is 19.9 Å². The number of aryl methyl sites for hydroxylation is 1. The van der Waals surface area contributed by atoms with E-state index < -0.39 is 23.3 Å². The maximum Gasteiger partial charge on any atom is 0.341 e. The van der Waals surface area contributed by atoms with E-state index in [0.29, 0.717) is 55.1 Å². The first-order chi connectivity index (χ1) is 17.6. The molecule has 1 aromatic carbocycles. The Labute approximate surface area is 214 Å². The lowest BCUT2D eigenvalue weighted by Gasteiger charge is -2.45. The van der Waals surface area contributed by atoms with Gasteiger partial charge in [0.1, 0.15) is 39.9 Å². The van der Waals surface area contributed by atoms with Crippen LogP contribution in [0.1, 0.15) is 63.2 Å². The number of fused-ring (bicyclic) bond motifs is 4. The highest BCUT2D eigenvalue weighted by Gasteiger charge is 2.65. The van der Waals surface area contributed by atoms with E-state index in [4.69, 9.17) is 24.4 Å². The topological polar surface area (TPSA) is 137 Å². The standard InChI is InChI=1S/C28H32N2O7/c1-14-11-17(31)23-18(34-14)13-19-22(24(23)32)16-5-4-9-28(26(33)35-25(16)27(2,3)36-19)20(37-28)7-6-15-8-10-30-21(29)12-15/h8,11-13,16,20,25,30,32H,4-7,9-10,29H2,1-3H3/t16-,20-,25-,28+/m1/s1. The van der Waals surface area contributed by atoms with Gasteiger partial charge in [0.05, 0.1) is 11.9 Å². The molecule has 6 rings (SSSR count). The Hall–Kier alpha value is -3.46. The number of aromatic hydroxyl groups is 1. The summed E-state index contributed by atoms with van der Waals surface area (Å²) in [6.07, 6.45) is 6.45. The van der Waals surface area contributed by atoms with Crippen molar-refractivity contribution in [2.24, 2.45) is 5.73 Å². The maximum atomic E-state index is 13.5. The van der Waals surface area contributed by atoms with Crippen LogP contribution in [0.3, 0.4) is 0 Å². The molecule has 4 aliphatic heterocycles. The Morgan fingerprint density at radius 3 is 2.84 bits per heavy atom. The van der Waals surface area contributed by atoms with E-state index in [1.54, 1.807) is 13.0 Å². The number of hydrogen-bond donors (Lipinski definition) is 3. The van der Waals surface area contributed by atoms with Crippen LogP contribution in [-0.2, 0) is 14.3 Å². The highest BCUT2D eigenvalue weighted by atomic mass is 16.7. The predicted molar refractivity (Wildman–Crippen MR) is 135 cm³/mol. The molecule has 37 heavy (non-hydrogen) atoms. The van der Waals surface area contributed by atoms with Crippen LogP contribution in [0.2, 0.25) is 0 Å². The predicted octanol–water partition coefficient (Wildman–Crippen LogP) is 3.40. The molecular weight excluding hydrogens is 476 g/mol. The summed E-state index contributed by atoms with van der Waals surface area (Å²) < 4.78 is 24.2. The van der Waals surface area contributed by atoms with Crippen molar-refractivity contribution in [1.82, 2.24) is 5.32 Å². The lowest BCUT2D eigenvalue weighted by Crippen LogP contribution is -2.53. The summed E-state index contributed by atoms with van der Waals surface area (Å²) in [5, 5.41) is 14.4. The van der Waals surface area contributed by atoms with Crippen molar-refractivity contribution in [3.8, 4) is 11.5 Å². The Kier molecular flexibility index (Phi) is 5.35. The zero-order chi connectivity index (χ0) is 26.1. The first-order valence-corrected chi connectivity index (χ1v) is 12.9. The first-order valence-electron chi connectivity index (χ1n) is 12.9. The molecule has 4 aliphatic rings. The number of allylic oxidation sites excluding steroid dienone is 2. The van der Waals surface area contributed by atoms with Crippen molar-refractivity contribution in [2.45, 2.75) is 82.2 Å². The van der Waals surface area contributed by atoms with E-state index in [2.05, 4.69) is 11.4 Å². The second-order valence-electron chi connectivity index (χ2n) is 11.1. The molecule has 1 spiro atoms. The molecule has 1 aromatic heterocycles. The Balaban J connectivity index is 1.28. The average Bonchev–Trinajstić information content (AvgIpc) is 3.52. The van der Waals surface area contributed by atoms with Crippen LogP contribution in [0, 0.1) is 6.92 Å². The van der Waals surface area contributed by atoms with E-state index in [0.717, 1.165) is 12.0 Å². The Bertz CT molecular complexity index is 1420. The fourth-order valence-corrected chi connectivity index (χ4v) is 6.25. The highest BCUT2D eigenvalue weighted by molar-refractivity contribution is 5.88. The zero-order valence-corrected chi connectivity index (χ0v) is 21.3. The van der Waals surface area contributed by atoms with Crippen LogP contribution in [0.25, 0.3) is 11.0 Å². The van der Waals surface area contributed by atoms with Gasteiger partial charge in [0.15, 0.2) is 11.0 Å². The van der Waals surface area contributed by atoms with E-state index in [-0.39, 0.29) is 34.2 Å². The molecule has 2 fully saturated rings. The van der Waals surface area contributed by atoms with Gasteiger partial charge < -0.3 is 34.8 Å².